The number of carbonyl (C=O) groups is 1. The summed E-state index contributed by atoms with van der Waals surface area (Å²) in [7, 11) is 0. The zero-order chi connectivity index (χ0) is 16.0. The number of anilines is 1. The van der Waals surface area contributed by atoms with E-state index in [1.54, 1.807) is 0 Å². The van der Waals surface area contributed by atoms with E-state index in [0.717, 1.165) is 24.2 Å². The Kier molecular flexibility index (Phi) is 6.21. The van der Waals surface area contributed by atoms with Gasteiger partial charge in [-0.3, -0.25) is 9.69 Å². The smallest absolute Gasteiger partial charge is 0.237 e. The monoisotopic (exact) mass is 291 g/mol. The number of hydrogen-bond acceptors (Lipinski definition) is 3. The van der Waals surface area contributed by atoms with E-state index < -0.39 is 0 Å². The quantitative estimate of drug-likeness (QED) is 0.792. The first kappa shape index (κ1) is 17.5. The summed E-state index contributed by atoms with van der Waals surface area (Å²) < 4.78 is 0. The highest BCUT2D eigenvalue weighted by Crippen LogP contribution is 2.16. The number of rotatable bonds is 6. The van der Waals surface area contributed by atoms with Crippen molar-refractivity contribution in [1.82, 2.24) is 10.2 Å². The molecule has 1 amide bonds. The molecule has 1 aromatic rings. The van der Waals surface area contributed by atoms with Crippen LogP contribution >= 0.6 is 0 Å². The summed E-state index contributed by atoms with van der Waals surface area (Å²) in [6.07, 6.45) is 1.000. The van der Waals surface area contributed by atoms with E-state index in [9.17, 15) is 4.79 Å². The van der Waals surface area contributed by atoms with Crippen LogP contribution in [0.5, 0.6) is 0 Å². The average Bonchev–Trinajstić information content (AvgIpc) is 2.38. The summed E-state index contributed by atoms with van der Waals surface area (Å²) in [6, 6.07) is 7.66. The van der Waals surface area contributed by atoms with Gasteiger partial charge < -0.3 is 11.1 Å². The maximum atomic E-state index is 12.4. The molecule has 4 nitrogen and oxygen atoms in total. The van der Waals surface area contributed by atoms with Crippen LogP contribution in [0.2, 0.25) is 0 Å². The van der Waals surface area contributed by atoms with E-state index in [2.05, 4.69) is 17.1 Å². The van der Waals surface area contributed by atoms with Gasteiger partial charge in [-0.25, -0.2) is 0 Å². The number of nitrogens with two attached hydrogens (primary N) is 1. The largest absolute Gasteiger partial charge is 0.398 e. The topological polar surface area (TPSA) is 58.4 Å². The number of nitrogen functional groups attached to an aromatic ring is 1. The Morgan fingerprint density at radius 3 is 2.48 bits per heavy atom. The first-order valence-electron chi connectivity index (χ1n) is 7.64. The third-order valence-corrected chi connectivity index (χ3v) is 3.36. The fraction of sp³-hybridized carbons (Fsp3) is 0.588. The maximum absolute atomic E-state index is 12.4. The molecule has 0 spiro atoms. The van der Waals surface area contributed by atoms with Crippen LogP contribution in [0.1, 0.15) is 46.6 Å². The van der Waals surface area contributed by atoms with Gasteiger partial charge in [-0.1, -0.05) is 25.1 Å². The number of nitrogens with one attached hydrogen (secondary N) is 1. The van der Waals surface area contributed by atoms with Gasteiger partial charge in [0.1, 0.15) is 0 Å². The molecule has 0 fully saturated rings. The number of para-hydroxylation sites is 1. The van der Waals surface area contributed by atoms with E-state index in [0.29, 0.717) is 6.54 Å². The van der Waals surface area contributed by atoms with Crippen LogP contribution < -0.4 is 11.1 Å². The van der Waals surface area contributed by atoms with Crippen molar-refractivity contribution in [2.75, 3.05) is 12.3 Å². The van der Waals surface area contributed by atoms with Crippen LogP contribution in [0, 0.1) is 0 Å². The van der Waals surface area contributed by atoms with E-state index in [1.807, 2.05) is 52.0 Å². The van der Waals surface area contributed by atoms with Crippen molar-refractivity contribution in [3.63, 3.8) is 0 Å². The van der Waals surface area contributed by atoms with Crippen molar-refractivity contribution >= 4 is 11.6 Å². The molecular weight excluding hydrogens is 262 g/mol. The molecule has 0 aliphatic carbocycles. The molecule has 4 heteroatoms. The molecule has 0 aliphatic rings. The van der Waals surface area contributed by atoms with Crippen molar-refractivity contribution in [2.24, 2.45) is 0 Å². The lowest BCUT2D eigenvalue weighted by Crippen LogP contribution is -2.51. The van der Waals surface area contributed by atoms with Gasteiger partial charge in [-0.05, 0) is 52.3 Å². The number of hydrogen-bond donors (Lipinski definition) is 2. The zero-order valence-electron chi connectivity index (χ0n) is 13.9. The summed E-state index contributed by atoms with van der Waals surface area (Å²) in [5.74, 6) is 0.0606. The van der Waals surface area contributed by atoms with Crippen LogP contribution in [-0.4, -0.2) is 28.9 Å². The maximum Gasteiger partial charge on any atom is 0.237 e. The molecule has 0 radical (unpaired) electrons. The molecule has 1 rings (SSSR count). The molecule has 0 heterocycles. The Balaban J connectivity index is 2.81. The summed E-state index contributed by atoms with van der Waals surface area (Å²) in [5.41, 5.74) is 7.65. The Morgan fingerprint density at radius 1 is 1.33 bits per heavy atom. The first-order chi connectivity index (χ1) is 9.74. The highest BCUT2D eigenvalue weighted by molar-refractivity contribution is 5.82. The minimum absolute atomic E-state index is 0.0606. The predicted octanol–water partition coefficient (Wildman–Crippen LogP) is 2.78. The fourth-order valence-electron chi connectivity index (χ4n) is 2.23. The molecule has 0 saturated carbocycles. The second-order valence-electron chi connectivity index (χ2n) is 6.58. The lowest BCUT2D eigenvalue weighted by molar-refractivity contribution is -0.127. The Morgan fingerprint density at radius 2 is 1.95 bits per heavy atom. The summed E-state index contributed by atoms with van der Waals surface area (Å²) in [6.45, 7) is 11.6. The molecule has 0 aliphatic heterocycles. The molecule has 118 valence electrons. The van der Waals surface area contributed by atoms with Crippen molar-refractivity contribution < 1.29 is 4.79 Å². The zero-order valence-corrected chi connectivity index (χ0v) is 13.9. The highest BCUT2D eigenvalue weighted by atomic mass is 16.2. The van der Waals surface area contributed by atoms with Gasteiger partial charge in [0.05, 0.1) is 6.04 Å². The number of carbonyl (C=O) groups excluding carboxylic acids is 1. The summed E-state index contributed by atoms with van der Waals surface area (Å²) in [5, 5.41) is 3.05. The van der Waals surface area contributed by atoms with Gasteiger partial charge in [-0.15, -0.1) is 0 Å². The normalized spacial score (nSPS) is 13.2. The van der Waals surface area contributed by atoms with Gasteiger partial charge >= 0.3 is 0 Å². The minimum Gasteiger partial charge on any atom is -0.398 e. The molecule has 3 N–H and O–H groups in total. The summed E-state index contributed by atoms with van der Waals surface area (Å²) >= 11 is 0. The molecule has 1 atom stereocenters. The van der Waals surface area contributed by atoms with E-state index in [4.69, 9.17) is 5.73 Å². The van der Waals surface area contributed by atoms with Crippen LogP contribution in [0.4, 0.5) is 5.69 Å². The van der Waals surface area contributed by atoms with Gasteiger partial charge in [0, 0.05) is 17.8 Å². The minimum atomic E-state index is -0.213. The van der Waals surface area contributed by atoms with Crippen molar-refractivity contribution in [3.05, 3.63) is 29.8 Å². The molecule has 0 bridgehead atoms. The molecule has 21 heavy (non-hydrogen) atoms. The predicted molar refractivity (Wildman–Crippen MR) is 88.9 cm³/mol. The van der Waals surface area contributed by atoms with Crippen LogP contribution in [0.25, 0.3) is 0 Å². The van der Waals surface area contributed by atoms with Gasteiger partial charge in [0.25, 0.3) is 0 Å². The van der Waals surface area contributed by atoms with E-state index in [-0.39, 0.29) is 17.5 Å². The van der Waals surface area contributed by atoms with Crippen molar-refractivity contribution in [3.8, 4) is 0 Å². The number of benzene rings is 1. The summed E-state index contributed by atoms with van der Waals surface area (Å²) in [4.78, 5) is 14.5. The molecule has 1 aromatic carbocycles. The standard InChI is InChI=1S/C17H29N3O/c1-6-11-20(12-14-9-7-8-10-15(14)18)13(2)16(21)19-17(3,4)5/h7-10,13H,6,11-12,18H2,1-5H3,(H,19,21). The fourth-order valence-corrected chi connectivity index (χ4v) is 2.23. The molecule has 1 unspecified atom stereocenters. The lowest BCUT2D eigenvalue weighted by atomic mass is 10.1. The Bertz CT molecular complexity index is 465. The van der Waals surface area contributed by atoms with Crippen LogP contribution in [0.15, 0.2) is 24.3 Å². The van der Waals surface area contributed by atoms with E-state index in [1.165, 1.54) is 0 Å². The number of nitrogens with zero attached hydrogens (tertiary/aromatic N) is 1. The second kappa shape index (κ2) is 7.46. The SMILES string of the molecule is CCCN(Cc1ccccc1N)C(C)C(=O)NC(C)(C)C. The Labute approximate surface area is 128 Å². The third-order valence-electron chi connectivity index (χ3n) is 3.36. The molecule has 0 saturated heterocycles. The van der Waals surface area contributed by atoms with Gasteiger partial charge in [0.2, 0.25) is 5.91 Å². The second-order valence-corrected chi connectivity index (χ2v) is 6.58. The highest BCUT2D eigenvalue weighted by Gasteiger charge is 2.24. The Hall–Kier alpha value is -1.55. The van der Waals surface area contributed by atoms with Crippen LogP contribution in [0.3, 0.4) is 0 Å². The van der Waals surface area contributed by atoms with Gasteiger partial charge in [0.15, 0.2) is 0 Å². The van der Waals surface area contributed by atoms with Crippen LogP contribution in [-0.2, 0) is 11.3 Å². The number of amides is 1. The van der Waals surface area contributed by atoms with Crippen molar-refractivity contribution in [1.29, 1.82) is 0 Å². The third kappa shape index (κ3) is 5.76. The lowest BCUT2D eigenvalue weighted by Gasteiger charge is -2.31. The van der Waals surface area contributed by atoms with Gasteiger partial charge in [-0.2, -0.15) is 0 Å². The van der Waals surface area contributed by atoms with E-state index >= 15 is 0 Å². The van der Waals surface area contributed by atoms with Crippen molar-refractivity contribution in [2.45, 2.75) is 59.2 Å². The first-order valence-corrected chi connectivity index (χ1v) is 7.64. The molecular formula is C17H29N3O. The average molecular weight is 291 g/mol. The molecule has 0 aromatic heterocycles.